The molecule has 4 aromatic rings. The number of fused-ring (bicyclic) bond motifs is 1. The van der Waals surface area contributed by atoms with Crippen molar-refractivity contribution in [2.75, 3.05) is 5.32 Å². The number of pyridine rings is 2. The van der Waals surface area contributed by atoms with Crippen LogP contribution < -0.4 is 5.32 Å². The fraction of sp³-hybridized carbons (Fsp3) is 0.333. The summed E-state index contributed by atoms with van der Waals surface area (Å²) in [6.07, 6.45) is 9.61. The van der Waals surface area contributed by atoms with Crippen molar-refractivity contribution >= 4 is 22.7 Å². The van der Waals surface area contributed by atoms with Crippen molar-refractivity contribution in [2.45, 2.75) is 51.7 Å². The molecule has 0 aliphatic heterocycles. The SMILES string of the molecule is Cc1cc(-c2cc(-c3cnc4ccc(NC5CCCC(O)C5)cn34)ccn2)c(C)s1. The summed E-state index contributed by atoms with van der Waals surface area (Å²) >= 11 is 1.80. The lowest BCUT2D eigenvalue weighted by molar-refractivity contribution is 0.124. The minimum Gasteiger partial charge on any atom is -0.393 e. The third-order valence-electron chi connectivity index (χ3n) is 5.90. The molecule has 4 aromatic heterocycles. The molecule has 5 rings (SSSR count). The Balaban J connectivity index is 1.49. The van der Waals surface area contributed by atoms with Crippen LogP contribution in [0.2, 0.25) is 0 Å². The number of imidazole rings is 1. The molecule has 4 heterocycles. The average molecular weight is 419 g/mol. The molecule has 0 bridgehead atoms. The Hall–Kier alpha value is -2.70. The second-order valence-electron chi connectivity index (χ2n) is 8.21. The van der Waals surface area contributed by atoms with Crippen LogP contribution in [-0.4, -0.2) is 31.6 Å². The highest BCUT2D eigenvalue weighted by molar-refractivity contribution is 7.12. The molecule has 2 unspecified atom stereocenters. The van der Waals surface area contributed by atoms with Crippen molar-refractivity contribution in [1.29, 1.82) is 0 Å². The van der Waals surface area contributed by atoms with Crippen LogP contribution in [0.1, 0.15) is 35.4 Å². The molecule has 0 amide bonds. The highest BCUT2D eigenvalue weighted by Crippen LogP contribution is 2.32. The molecule has 1 aliphatic carbocycles. The van der Waals surface area contributed by atoms with Crippen molar-refractivity contribution in [3.8, 4) is 22.5 Å². The number of aryl methyl sites for hydroxylation is 2. The lowest BCUT2D eigenvalue weighted by Crippen LogP contribution is -2.29. The van der Waals surface area contributed by atoms with Gasteiger partial charge in [-0.3, -0.25) is 9.38 Å². The highest BCUT2D eigenvalue weighted by atomic mass is 32.1. The van der Waals surface area contributed by atoms with Gasteiger partial charge in [-0.25, -0.2) is 4.98 Å². The molecule has 0 radical (unpaired) electrons. The summed E-state index contributed by atoms with van der Waals surface area (Å²) in [6.45, 7) is 4.28. The summed E-state index contributed by atoms with van der Waals surface area (Å²) in [5.41, 5.74) is 6.31. The second kappa shape index (κ2) is 7.85. The topological polar surface area (TPSA) is 62.5 Å². The van der Waals surface area contributed by atoms with E-state index in [9.17, 15) is 5.11 Å². The number of anilines is 1. The van der Waals surface area contributed by atoms with Gasteiger partial charge in [0, 0.05) is 39.3 Å². The van der Waals surface area contributed by atoms with Crippen LogP contribution in [0.5, 0.6) is 0 Å². The van der Waals surface area contributed by atoms with E-state index in [0.717, 1.165) is 54.0 Å². The quantitative estimate of drug-likeness (QED) is 0.462. The lowest BCUT2D eigenvalue weighted by Gasteiger charge is -2.27. The van der Waals surface area contributed by atoms with E-state index in [1.165, 1.54) is 15.3 Å². The zero-order chi connectivity index (χ0) is 20.7. The van der Waals surface area contributed by atoms with E-state index in [4.69, 9.17) is 0 Å². The van der Waals surface area contributed by atoms with Gasteiger partial charge in [0.15, 0.2) is 0 Å². The van der Waals surface area contributed by atoms with Crippen molar-refractivity contribution in [2.24, 2.45) is 0 Å². The fourth-order valence-corrected chi connectivity index (χ4v) is 5.37. The Labute approximate surface area is 180 Å². The predicted octanol–water partition coefficient (Wildman–Crippen LogP) is 5.46. The minimum absolute atomic E-state index is 0.191. The van der Waals surface area contributed by atoms with Crippen molar-refractivity contribution in [1.82, 2.24) is 14.4 Å². The summed E-state index contributed by atoms with van der Waals surface area (Å²) in [7, 11) is 0. The highest BCUT2D eigenvalue weighted by Gasteiger charge is 2.20. The van der Waals surface area contributed by atoms with Crippen LogP contribution in [-0.2, 0) is 0 Å². The zero-order valence-corrected chi connectivity index (χ0v) is 18.1. The number of aliphatic hydroxyl groups excluding tert-OH is 1. The zero-order valence-electron chi connectivity index (χ0n) is 17.3. The van der Waals surface area contributed by atoms with Crippen molar-refractivity contribution < 1.29 is 5.11 Å². The van der Waals surface area contributed by atoms with E-state index in [-0.39, 0.29) is 6.10 Å². The lowest BCUT2D eigenvalue weighted by atomic mass is 9.93. The Morgan fingerprint density at radius 2 is 2.03 bits per heavy atom. The molecule has 2 atom stereocenters. The first-order chi connectivity index (χ1) is 14.6. The number of nitrogens with one attached hydrogen (secondary N) is 1. The Bertz CT molecular complexity index is 1200. The number of aliphatic hydroxyl groups is 1. The smallest absolute Gasteiger partial charge is 0.137 e. The van der Waals surface area contributed by atoms with Crippen LogP contribution in [0.25, 0.3) is 28.2 Å². The number of nitrogens with zero attached hydrogens (tertiary/aromatic N) is 3. The molecular weight excluding hydrogens is 392 g/mol. The summed E-state index contributed by atoms with van der Waals surface area (Å²) in [5, 5.41) is 13.6. The summed E-state index contributed by atoms with van der Waals surface area (Å²) in [5.74, 6) is 0. The Morgan fingerprint density at radius 1 is 1.13 bits per heavy atom. The largest absolute Gasteiger partial charge is 0.393 e. The van der Waals surface area contributed by atoms with Gasteiger partial charge in [0.25, 0.3) is 0 Å². The van der Waals surface area contributed by atoms with E-state index in [2.05, 4.69) is 57.9 Å². The average Bonchev–Trinajstić information content (AvgIpc) is 3.30. The van der Waals surface area contributed by atoms with Gasteiger partial charge in [0.05, 0.1) is 29.4 Å². The normalized spacial score (nSPS) is 19.3. The van der Waals surface area contributed by atoms with Crippen LogP contribution >= 0.6 is 11.3 Å². The van der Waals surface area contributed by atoms with Gasteiger partial charge in [0.2, 0.25) is 0 Å². The van der Waals surface area contributed by atoms with E-state index >= 15 is 0 Å². The number of hydrogen-bond donors (Lipinski definition) is 2. The number of hydrogen-bond acceptors (Lipinski definition) is 5. The third kappa shape index (κ3) is 3.73. The van der Waals surface area contributed by atoms with Crippen LogP contribution in [0.3, 0.4) is 0 Å². The monoisotopic (exact) mass is 418 g/mol. The molecule has 0 spiro atoms. The van der Waals surface area contributed by atoms with E-state index < -0.39 is 0 Å². The second-order valence-corrected chi connectivity index (χ2v) is 9.67. The van der Waals surface area contributed by atoms with Crippen LogP contribution in [0.4, 0.5) is 5.69 Å². The van der Waals surface area contributed by atoms with E-state index in [0.29, 0.717) is 6.04 Å². The van der Waals surface area contributed by atoms with Gasteiger partial charge < -0.3 is 10.4 Å². The predicted molar refractivity (Wildman–Crippen MR) is 123 cm³/mol. The summed E-state index contributed by atoms with van der Waals surface area (Å²) < 4.78 is 2.13. The van der Waals surface area contributed by atoms with Crippen molar-refractivity contribution in [3.05, 3.63) is 58.7 Å². The first-order valence-electron chi connectivity index (χ1n) is 10.5. The summed E-state index contributed by atoms with van der Waals surface area (Å²) in [6, 6.07) is 10.8. The minimum atomic E-state index is -0.191. The number of thiophene rings is 1. The third-order valence-corrected chi connectivity index (χ3v) is 6.86. The maximum absolute atomic E-state index is 9.97. The molecule has 30 heavy (non-hydrogen) atoms. The molecule has 1 fully saturated rings. The maximum atomic E-state index is 9.97. The molecule has 5 nitrogen and oxygen atoms in total. The van der Waals surface area contributed by atoms with Crippen LogP contribution in [0, 0.1) is 13.8 Å². The molecule has 1 saturated carbocycles. The number of aromatic nitrogens is 3. The maximum Gasteiger partial charge on any atom is 0.137 e. The first kappa shape index (κ1) is 19.3. The molecule has 1 aliphatic rings. The molecule has 2 N–H and O–H groups in total. The fourth-order valence-electron chi connectivity index (χ4n) is 4.43. The molecular formula is C24H26N4OS. The molecule has 154 valence electrons. The van der Waals surface area contributed by atoms with Gasteiger partial charge in [-0.1, -0.05) is 0 Å². The Morgan fingerprint density at radius 3 is 2.83 bits per heavy atom. The molecule has 6 heteroatoms. The standard InChI is InChI=1S/C24H26N4OS/c1-15-10-21(16(2)30-15)22-11-17(8-9-25-22)23-13-26-24-7-6-19(14-28(23)24)27-18-4-3-5-20(29)12-18/h6-11,13-14,18,20,27,29H,3-5,12H2,1-2H3. The summed E-state index contributed by atoms with van der Waals surface area (Å²) in [4.78, 5) is 11.8. The van der Waals surface area contributed by atoms with Gasteiger partial charge >= 0.3 is 0 Å². The van der Waals surface area contributed by atoms with Gasteiger partial charge in [-0.05, 0) is 69.9 Å². The number of rotatable bonds is 4. The van der Waals surface area contributed by atoms with Gasteiger partial charge in [-0.15, -0.1) is 11.3 Å². The molecule has 0 aromatic carbocycles. The van der Waals surface area contributed by atoms with Crippen molar-refractivity contribution in [3.63, 3.8) is 0 Å². The van der Waals surface area contributed by atoms with Gasteiger partial charge in [-0.2, -0.15) is 0 Å². The first-order valence-corrected chi connectivity index (χ1v) is 11.3. The van der Waals surface area contributed by atoms with Gasteiger partial charge in [0.1, 0.15) is 5.65 Å². The Kier molecular flexibility index (Phi) is 5.05. The molecule has 0 saturated heterocycles. The van der Waals surface area contributed by atoms with E-state index in [1.54, 1.807) is 11.3 Å². The van der Waals surface area contributed by atoms with Crippen LogP contribution in [0.15, 0.2) is 48.9 Å². The van der Waals surface area contributed by atoms with E-state index in [1.807, 2.05) is 24.5 Å².